The smallest absolute Gasteiger partial charge is 0.238 e. The predicted octanol–water partition coefficient (Wildman–Crippen LogP) is 12.6. The van der Waals surface area contributed by atoms with Gasteiger partial charge in [-0.05, 0) is 57.6 Å². The van der Waals surface area contributed by atoms with Gasteiger partial charge in [0.1, 0.15) is 5.01 Å². The summed E-state index contributed by atoms with van der Waals surface area (Å²) in [6.45, 7) is 4.71. The molecule has 0 atom stereocenters. The molecule has 5 nitrogen and oxygen atoms in total. The van der Waals surface area contributed by atoms with Crippen molar-refractivity contribution in [3.8, 4) is 61.5 Å². The fraction of sp³-hybridized carbons (Fsp3) is 0.0612. The lowest BCUT2D eigenvalue weighted by Crippen LogP contribution is -2.15. The Bertz CT molecular complexity index is 3050. The minimum Gasteiger partial charge on any atom is -0.278 e. The van der Waals surface area contributed by atoms with Gasteiger partial charge in [0.05, 0.1) is 21.3 Å². The molecule has 55 heavy (non-hydrogen) atoms. The van der Waals surface area contributed by atoms with Crippen molar-refractivity contribution in [3.63, 3.8) is 0 Å². The maximum atomic E-state index is 5.15. The maximum Gasteiger partial charge on any atom is 0.238 e. The van der Waals surface area contributed by atoms with Gasteiger partial charge in [-0.2, -0.15) is 9.97 Å². The van der Waals surface area contributed by atoms with Gasteiger partial charge in [-0.3, -0.25) is 4.57 Å². The van der Waals surface area contributed by atoms with E-state index in [1.54, 1.807) is 11.3 Å². The molecule has 0 bridgehead atoms. The third kappa shape index (κ3) is 4.99. The first kappa shape index (κ1) is 31.7. The molecule has 11 rings (SSSR count). The molecule has 7 aromatic carbocycles. The third-order valence-corrected chi connectivity index (χ3v) is 12.2. The van der Waals surface area contributed by atoms with Crippen molar-refractivity contribution in [2.24, 2.45) is 0 Å². The number of nitrogens with zero attached hydrogens (tertiary/aromatic N) is 5. The van der Waals surface area contributed by atoms with Gasteiger partial charge in [-0.15, -0.1) is 11.3 Å². The van der Waals surface area contributed by atoms with Crippen LogP contribution in [0.5, 0.6) is 0 Å². The first-order chi connectivity index (χ1) is 27.0. The van der Waals surface area contributed by atoms with E-state index in [0.717, 1.165) is 43.8 Å². The van der Waals surface area contributed by atoms with E-state index in [0.29, 0.717) is 17.6 Å². The summed E-state index contributed by atoms with van der Waals surface area (Å²) in [5.74, 6) is 1.86. The highest BCUT2D eigenvalue weighted by atomic mass is 32.1. The van der Waals surface area contributed by atoms with Gasteiger partial charge in [-0.1, -0.05) is 153 Å². The Kier molecular flexibility index (Phi) is 7.00. The molecule has 1 aliphatic rings. The average molecular weight is 724 g/mol. The monoisotopic (exact) mass is 723 g/mol. The fourth-order valence-electron chi connectivity index (χ4n) is 8.41. The maximum absolute atomic E-state index is 5.15. The quantitative estimate of drug-likeness (QED) is 0.177. The largest absolute Gasteiger partial charge is 0.278 e. The summed E-state index contributed by atoms with van der Waals surface area (Å²) in [7, 11) is 0. The highest BCUT2D eigenvalue weighted by Gasteiger charge is 2.38. The highest BCUT2D eigenvalue weighted by Crippen LogP contribution is 2.53. The van der Waals surface area contributed by atoms with Crippen LogP contribution in [0.3, 0.4) is 0 Å². The number of rotatable bonds is 5. The van der Waals surface area contributed by atoms with Gasteiger partial charge in [-0.25, -0.2) is 9.97 Å². The Labute approximate surface area is 322 Å². The van der Waals surface area contributed by atoms with Crippen molar-refractivity contribution >= 4 is 43.4 Å². The summed E-state index contributed by atoms with van der Waals surface area (Å²) in [5, 5.41) is 3.40. The molecule has 0 saturated heterocycles. The first-order valence-corrected chi connectivity index (χ1v) is 19.4. The average Bonchev–Trinajstić information content (AvgIpc) is 3.90. The van der Waals surface area contributed by atoms with Gasteiger partial charge in [0.15, 0.2) is 11.6 Å². The van der Waals surface area contributed by atoms with Crippen molar-refractivity contribution in [2.75, 3.05) is 0 Å². The van der Waals surface area contributed by atoms with E-state index in [2.05, 4.69) is 152 Å². The van der Waals surface area contributed by atoms with E-state index in [9.17, 15) is 0 Å². The second kappa shape index (κ2) is 12.1. The zero-order valence-electron chi connectivity index (χ0n) is 30.2. The Morgan fingerprint density at radius 2 is 1.02 bits per heavy atom. The van der Waals surface area contributed by atoms with Gasteiger partial charge in [0.2, 0.25) is 5.95 Å². The van der Waals surface area contributed by atoms with Gasteiger partial charge >= 0.3 is 0 Å². The van der Waals surface area contributed by atoms with E-state index >= 15 is 0 Å². The first-order valence-electron chi connectivity index (χ1n) is 18.6. The Morgan fingerprint density at radius 3 is 1.69 bits per heavy atom. The number of fused-ring (bicyclic) bond motifs is 8. The third-order valence-electron chi connectivity index (χ3n) is 11.1. The number of hydrogen-bond donors (Lipinski definition) is 0. The molecular weight excluding hydrogens is 691 g/mol. The minimum absolute atomic E-state index is 0.178. The normalized spacial score (nSPS) is 13.1. The zero-order chi connectivity index (χ0) is 36.7. The fourth-order valence-corrected chi connectivity index (χ4v) is 9.69. The standard InChI is InChI=1S/C49H33N5S/c1-49(2)39-29-34(25-26-35(39)38-27-28-40-44(43(38)49)55-47(50-40)33-15-7-4-8-16-33)30-21-23-32(24-22-30)46-51-45(31-13-5-3-6-14-31)52-48(53-46)54-41-19-11-9-17-36(41)37-18-10-12-20-42(37)54/h3-29H,1-2H3. The molecule has 0 N–H and O–H groups in total. The van der Waals surface area contributed by atoms with Crippen LogP contribution in [0.4, 0.5) is 0 Å². The lowest BCUT2D eigenvalue weighted by atomic mass is 9.81. The van der Waals surface area contributed by atoms with Crippen LogP contribution in [0.2, 0.25) is 0 Å². The summed E-state index contributed by atoms with van der Waals surface area (Å²) in [4.78, 5) is 20.3. The molecule has 3 heterocycles. The lowest BCUT2D eigenvalue weighted by molar-refractivity contribution is 0.667. The summed E-state index contributed by atoms with van der Waals surface area (Å²) in [6, 6.07) is 57.5. The number of para-hydroxylation sites is 2. The molecule has 10 aromatic rings. The van der Waals surface area contributed by atoms with Crippen molar-refractivity contribution < 1.29 is 0 Å². The summed E-state index contributed by atoms with van der Waals surface area (Å²) < 4.78 is 3.43. The summed E-state index contributed by atoms with van der Waals surface area (Å²) >= 11 is 1.80. The van der Waals surface area contributed by atoms with Crippen molar-refractivity contribution in [2.45, 2.75) is 19.3 Å². The molecule has 3 aromatic heterocycles. The molecule has 0 unspecified atom stereocenters. The number of benzene rings is 7. The number of hydrogen-bond acceptors (Lipinski definition) is 5. The van der Waals surface area contributed by atoms with Crippen LogP contribution < -0.4 is 0 Å². The van der Waals surface area contributed by atoms with E-state index in [4.69, 9.17) is 19.9 Å². The lowest BCUT2D eigenvalue weighted by Gasteiger charge is -2.22. The summed E-state index contributed by atoms with van der Waals surface area (Å²) in [5.41, 5.74) is 13.7. The van der Waals surface area contributed by atoms with Crippen LogP contribution in [0.25, 0.3) is 93.6 Å². The SMILES string of the molecule is CC1(C)c2cc(-c3ccc(-c4nc(-c5ccccc5)nc(-n5c6ccccc6c6ccccc65)n4)cc3)ccc2-c2ccc3nc(-c4ccccc4)sc3c21. The number of thiazole rings is 1. The molecule has 0 spiro atoms. The van der Waals surface area contributed by atoms with Crippen LogP contribution >= 0.6 is 11.3 Å². The topological polar surface area (TPSA) is 56.5 Å². The van der Waals surface area contributed by atoms with E-state index in [1.165, 1.54) is 43.3 Å². The zero-order valence-corrected chi connectivity index (χ0v) is 31.0. The van der Waals surface area contributed by atoms with E-state index in [1.807, 2.05) is 30.3 Å². The minimum atomic E-state index is -0.178. The molecule has 1 aliphatic carbocycles. The van der Waals surface area contributed by atoms with Crippen LogP contribution in [0.1, 0.15) is 25.0 Å². The van der Waals surface area contributed by atoms with Crippen LogP contribution in [-0.2, 0) is 5.41 Å². The van der Waals surface area contributed by atoms with Gasteiger partial charge < -0.3 is 0 Å². The Balaban J connectivity index is 0.989. The molecule has 0 saturated carbocycles. The van der Waals surface area contributed by atoms with Crippen molar-refractivity contribution in [1.29, 1.82) is 0 Å². The molecule has 6 heteroatoms. The molecule has 0 radical (unpaired) electrons. The second-order valence-corrected chi connectivity index (χ2v) is 15.7. The van der Waals surface area contributed by atoms with Crippen LogP contribution in [-0.4, -0.2) is 24.5 Å². The highest BCUT2D eigenvalue weighted by molar-refractivity contribution is 7.22. The Hall–Kier alpha value is -6.76. The van der Waals surface area contributed by atoms with Crippen LogP contribution in [0.15, 0.2) is 164 Å². The Morgan fingerprint density at radius 1 is 0.473 bits per heavy atom. The van der Waals surface area contributed by atoms with Gasteiger partial charge in [0, 0.05) is 32.9 Å². The predicted molar refractivity (Wildman–Crippen MR) is 227 cm³/mol. The van der Waals surface area contributed by atoms with Crippen LogP contribution in [0, 0.1) is 0 Å². The molecular formula is C49H33N5S. The van der Waals surface area contributed by atoms with Crippen molar-refractivity contribution in [1.82, 2.24) is 24.5 Å². The van der Waals surface area contributed by atoms with E-state index in [-0.39, 0.29) is 5.41 Å². The summed E-state index contributed by atoms with van der Waals surface area (Å²) in [6.07, 6.45) is 0. The molecule has 0 fully saturated rings. The molecule has 260 valence electrons. The molecule has 0 aliphatic heterocycles. The van der Waals surface area contributed by atoms with Gasteiger partial charge in [0.25, 0.3) is 0 Å². The van der Waals surface area contributed by atoms with Crippen molar-refractivity contribution in [3.05, 3.63) is 175 Å². The number of aromatic nitrogens is 5. The van der Waals surface area contributed by atoms with E-state index < -0.39 is 0 Å². The molecule has 0 amide bonds. The second-order valence-electron chi connectivity index (χ2n) is 14.7.